The van der Waals surface area contributed by atoms with Gasteiger partial charge in [0.15, 0.2) is 9.84 Å². The third kappa shape index (κ3) is 4.43. The molecule has 0 aliphatic carbocycles. The Balaban J connectivity index is 1.84. The molecule has 2 aliphatic rings. The summed E-state index contributed by atoms with van der Waals surface area (Å²) in [5.74, 6) is 0.138. The quantitative estimate of drug-likeness (QED) is 0.728. The Morgan fingerprint density at radius 2 is 2.11 bits per heavy atom. The molecule has 1 amide bonds. The van der Waals surface area contributed by atoms with E-state index in [9.17, 15) is 13.2 Å². The summed E-state index contributed by atoms with van der Waals surface area (Å²) in [6.45, 7) is 3.77. The molecule has 2 heterocycles. The van der Waals surface area contributed by atoms with Gasteiger partial charge < -0.3 is 15.4 Å². The van der Waals surface area contributed by atoms with E-state index in [-0.39, 0.29) is 35.4 Å². The van der Waals surface area contributed by atoms with Crippen LogP contribution in [0.1, 0.15) is 26.2 Å². The largest absolute Gasteiger partial charge is 0.381 e. The standard InChI is InChI=1S/C12H22N2O4S/c1-12(2-5-18-6-3-12)14-11(15)8-10-9-19(16,17)7-4-13-10/h10,13H,2-9H2,1H3,(H,14,15). The van der Waals surface area contributed by atoms with E-state index in [1.165, 1.54) is 0 Å². The molecule has 0 bridgehead atoms. The van der Waals surface area contributed by atoms with Gasteiger partial charge in [-0.15, -0.1) is 0 Å². The van der Waals surface area contributed by atoms with Gasteiger partial charge in [0.25, 0.3) is 0 Å². The fourth-order valence-corrected chi connectivity index (χ4v) is 4.00. The summed E-state index contributed by atoms with van der Waals surface area (Å²) >= 11 is 0. The lowest BCUT2D eigenvalue weighted by Crippen LogP contribution is -2.52. The van der Waals surface area contributed by atoms with E-state index in [0.717, 1.165) is 12.8 Å². The van der Waals surface area contributed by atoms with Crippen molar-refractivity contribution in [1.29, 1.82) is 0 Å². The number of hydrogen-bond acceptors (Lipinski definition) is 5. The fourth-order valence-electron chi connectivity index (χ4n) is 2.56. The Morgan fingerprint density at radius 3 is 2.74 bits per heavy atom. The number of carbonyl (C=O) groups excluding carboxylic acids is 1. The van der Waals surface area contributed by atoms with Crippen molar-refractivity contribution in [2.75, 3.05) is 31.3 Å². The fraction of sp³-hybridized carbons (Fsp3) is 0.917. The molecule has 0 aromatic carbocycles. The highest BCUT2D eigenvalue weighted by molar-refractivity contribution is 7.91. The van der Waals surface area contributed by atoms with E-state index in [0.29, 0.717) is 19.8 Å². The second kappa shape index (κ2) is 5.76. The molecule has 6 nitrogen and oxygen atoms in total. The molecule has 0 spiro atoms. The van der Waals surface area contributed by atoms with Crippen molar-refractivity contribution in [3.63, 3.8) is 0 Å². The third-order valence-corrected chi connectivity index (χ3v) is 5.51. The maximum Gasteiger partial charge on any atom is 0.222 e. The molecule has 110 valence electrons. The highest BCUT2D eigenvalue weighted by atomic mass is 32.2. The highest BCUT2D eigenvalue weighted by Crippen LogP contribution is 2.20. The van der Waals surface area contributed by atoms with Crippen LogP contribution in [0.3, 0.4) is 0 Å². The van der Waals surface area contributed by atoms with Crippen LogP contribution in [0, 0.1) is 0 Å². The Bertz CT molecular complexity index is 429. The molecule has 2 N–H and O–H groups in total. The first-order valence-corrected chi connectivity index (χ1v) is 8.53. The zero-order chi connectivity index (χ0) is 13.9. The van der Waals surface area contributed by atoms with E-state index >= 15 is 0 Å². The van der Waals surface area contributed by atoms with Crippen LogP contribution in [-0.4, -0.2) is 57.2 Å². The Kier molecular flexibility index (Phi) is 4.47. The predicted octanol–water partition coefficient (Wildman–Crippen LogP) is -0.552. The van der Waals surface area contributed by atoms with Crippen molar-refractivity contribution < 1.29 is 17.9 Å². The van der Waals surface area contributed by atoms with Gasteiger partial charge in [0, 0.05) is 37.8 Å². The number of amides is 1. The summed E-state index contributed by atoms with van der Waals surface area (Å²) in [6, 6.07) is -0.262. The lowest BCUT2D eigenvalue weighted by molar-refractivity contribution is -0.124. The van der Waals surface area contributed by atoms with Crippen LogP contribution in [0.4, 0.5) is 0 Å². The van der Waals surface area contributed by atoms with Crippen molar-refractivity contribution in [3.05, 3.63) is 0 Å². The number of ether oxygens (including phenoxy) is 1. The summed E-state index contributed by atoms with van der Waals surface area (Å²) in [7, 11) is -2.99. The molecule has 7 heteroatoms. The van der Waals surface area contributed by atoms with Crippen LogP contribution in [-0.2, 0) is 19.4 Å². The number of sulfone groups is 1. The van der Waals surface area contributed by atoms with Gasteiger partial charge in [-0.1, -0.05) is 0 Å². The minimum atomic E-state index is -2.99. The van der Waals surface area contributed by atoms with Gasteiger partial charge in [0.2, 0.25) is 5.91 Å². The van der Waals surface area contributed by atoms with Gasteiger partial charge in [0.05, 0.1) is 11.5 Å². The minimum Gasteiger partial charge on any atom is -0.381 e. The first kappa shape index (κ1) is 14.7. The average molecular weight is 290 g/mol. The highest BCUT2D eigenvalue weighted by Gasteiger charge is 2.31. The first-order chi connectivity index (χ1) is 8.89. The van der Waals surface area contributed by atoms with Crippen LogP contribution < -0.4 is 10.6 Å². The van der Waals surface area contributed by atoms with Crippen molar-refractivity contribution in [2.24, 2.45) is 0 Å². The molecule has 0 radical (unpaired) electrons. The van der Waals surface area contributed by atoms with Gasteiger partial charge in [-0.05, 0) is 19.8 Å². The monoisotopic (exact) mass is 290 g/mol. The van der Waals surface area contributed by atoms with Gasteiger partial charge in [-0.25, -0.2) is 8.42 Å². The van der Waals surface area contributed by atoms with Gasteiger partial charge in [0.1, 0.15) is 0 Å². The zero-order valence-electron chi connectivity index (χ0n) is 11.3. The number of nitrogens with one attached hydrogen (secondary N) is 2. The molecular formula is C12H22N2O4S. The van der Waals surface area contributed by atoms with E-state index in [4.69, 9.17) is 4.74 Å². The van der Waals surface area contributed by atoms with E-state index in [1.54, 1.807) is 0 Å². The minimum absolute atomic E-state index is 0.0558. The van der Waals surface area contributed by atoms with Crippen LogP contribution in [0.2, 0.25) is 0 Å². The molecule has 1 atom stereocenters. The first-order valence-electron chi connectivity index (χ1n) is 6.71. The Hall–Kier alpha value is -0.660. The molecule has 2 saturated heterocycles. The second-order valence-corrected chi connectivity index (χ2v) is 7.92. The van der Waals surface area contributed by atoms with E-state index < -0.39 is 9.84 Å². The summed E-state index contributed by atoms with van der Waals surface area (Å²) in [5.41, 5.74) is -0.219. The smallest absolute Gasteiger partial charge is 0.222 e. The number of carbonyl (C=O) groups is 1. The maximum atomic E-state index is 12.0. The van der Waals surface area contributed by atoms with Gasteiger partial charge >= 0.3 is 0 Å². The molecular weight excluding hydrogens is 268 g/mol. The lowest BCUT2D eigenvalue weighted by Gasteiger charge is -2.35. The van der Waals surface area contributed by atoms with Crippen LogP contribution >= 0.6 is 0 Å². The lowest BCUT2D eigenvalue weighted by atomic mass is 9.92. The van der Waals surface area contributed by atoms with Crippen molar-refractivity contribution >= 4 is 15.7 Å². The summed E-state index contributed by atoms with van der Waals surface area (Å²) in [5, 5.41) is 6.11. The zero-order valence-corrected chi connectivity index (χ0v) is 12.1. The number of rotatable bonds is 3. The molecule has 1 unspecified atom stereocenters. The molecule has 2 aliphatic heterocycles. The average Bonchev–Trinajstić information content (AvgIpc) is 2.27. The predicted molar refractivity (Wildman–Crippen MR) is 71.7 cm³/mol. The number of hydrogen-bond donors (Lipinski definition) is 2. The second-order valence-electron chi connectivity index (χ2n) is 5.69. The van der Waals surface area contributed by atoms with Gasteiger partial charge in [-0.2, -0.15) is 0 Å². The molecule has 2 fully saturated rings. The van der Waals surface area contributed by atoms with Crippen LogP contribution in [0.25, 0.3) is 0 Å². The Labute approximate surface area is 114 Å². The van der Waals surface area contributed by atoms with E-state index in [1.807, 2.05) is 6.92 Å². The van der Waals surface area contributed by atoms with Gasteiger partial charge in [-0.3, -0.25) is 4.79 Å². The Morgan fingerprint density at radius 1 is 1.42 bits per heavy atom. The topological polar surface area (TPSA) is 84.5 Å². The van der Waals surface area contributed by atoms with Crippen molar-refractivity contribution in [2.45, 2.75) is 37.8 Å². The van der Waals surface area contributed by atoms with Crippen molar-refractivity contribution in [3.8, 4) is 0 Å². The molecule has 0 aromatic heterocycles. The normalized spacial score (nSPS) is 29.6. The summed E-state index contributed by atoms with van der Waals surface area (Å²) in [6.07, 6.45) is 1.82. The molecule has 2 rings (SSSR count). The SMILES string of the molecule is CC1(NC(=O)CC2CS(=O)(=O)CCN2)CCOCC1. The molecule has 19 heavy (non-hydrogen) atoms. The maximum absolute atomic E-state index is 12.0. The summed E-state index contributed by atoms with van der Waals surface area (Å²) < 4.78 is 28.3. The summed E-state index contributed by atoms with van der Waals surface area (Å²) in [4.78, 5) is 12.0. The van der Waals surface area contributed by atoms with Crippen LogP contribution in [0.5, 0.6) is 0 Å². The van der Waals surface area contributed by atoms with Crippen LogP contribution in [0.15, 0.2) is 0 Å². The molecule has 0 saturated carbocycles. The van der Waals surface area contributed by atoms with Crippen molar-refractivity contribution in [1.82, 2.24) is 10.6 Å². The van der Waals surface area contributed by atoms with E-state index in [2.05, 4.69) is 10.6 Å². The molecule has 0 aromatic rings. The third-order valence-electron chi connectivity index (χ3n) is 3.77.